The van der Waals surface area contributed by atoms with Crippen LogP contribution in [0.15, 0.2) is 18.2 Å². The Morgan fingerprint density at radius 1 is 1.47 bits per heavy atom. The highest BCUT2D eigenvalue weighted by Crippen LogP contribution is 2.27. The second-order valence-corrected chi connectivity index (χ2v) is 5.20. The van der Waals surface area contributed by atoms with Gasteiger partial charge in [0, 0.05) is 12.1 Å². The number of halogens is 1. The molecule has 1 amide bonds. The van der Waals surface area contributed by atoms with E-state index in [9.17, 15) is 4.79 Å². The third-order valence-corrected chi connectivity index (χ3v) is 3.66. The number of carbonyl (C=O) groups excluding carboxylic acids is 1. The monoisotopic (exact) mass is 282 g/mol. The number of rotatable bonds is 4. The number of nitrogens with one attached hydrogen (secondary N) is 2. The van der Waals surface area contributed by atoms with Gasteiger partial charge in [0.1, 0.15) is 5.75 Å². The zero-order chi connectivity index (χ0) is 13.7. The van der Waals surface area contributed by atoms with Gasteiger partial charge in [-0.3, -0.25) is 4.79 Å². The number of methoxy groups -OCH3 is 1. The zero-order valence-corrected chi connectivity index (χ0v) is 11.8. The molecular formula is C14H19ClN2O2. The largest absolute Gasteiger partial charge is 0.495 e. The van der Waals surface area contributed by atoms with Gasteiger partial charge >= 0.3 is 0 Å². The Kier molecular flexibility index (Phi) is 5.05. The van der Waals surface area contributed by atoms with Crippen molar-refractivity contribution in [2.24, 2.45) is 5.92 Å². The molecule has 2 N–H and O–H groups in total. The van der Waals surface area contributed by atoms with Crippen LogP contribution < -0.4 is 15.4 Å². The van der Waals surface area contributed by atoms with Crippen LogP contribution in [0, 0.1) is 5.92 Å². The zero-order valence-electron chi connectivity index (χ0n) is 11.0. The van der Waals surface area contributed by atoms with Crippen molar-refractivity contribution in [3.63, 3.8) is 0 Å². The maximum atomic E-state index is 11.9. The number of benzene rings is 1. The molecule has 1 fully saturated rings. The SMILES string of the molecule is COc1ccc(NC(=O)CC2CCNCC2)cc1Cl. The van der Waals surface area contributed by atoms with Crippen molar-refractivity contribution < 1.29 is 9.53 Å². The first-order chi connectivity index (χ1) is 9.19. The van der Waals surface area contributed by atoms with Gasteiger partial charge in [0.05, 0.1) is 12.1 Å². The van der Waals surface area contributed by atoms with Gasteiger partial charge in [-0.15, -0.1) is 0 Å². The van der Waals surface area contributed by atoms with E-state index in [4.69, 9.17) is 16.3 Å². The minimum Gasteiger partial charge on any atom is -0.495 e. The van der Waals surface area contributed by atoms with Crippen LogP contribution in [0.5, 0.6) is 5.75 Å². The van der Waals surface area contributed by atoms with Crippen LogP contribution in [0.25, 0.3) is 0 Å². The normalized spacial score (nSPS) is 16.1. The molecule has 0 radical (unpaired) electrons. The average Bonchev–Trinajstić information content (AvgIpc) is 2.40. The number of ether oxygens (including phenoxy) is 1. The first-order valence-electron chi connectivity index (χ1n) is 6.53. The van der Waals surface area contributed by atoms with Gasteiger partial charge in [-0.25, -0.2) is 0 Å². The van der Waals surface area contributed by atoms with Crippen molar-refractivity contribution in [2.75, 3.05) is 25.5 Å². The molecule has 0 atom stereocenters. The molecule has 0 spiro atoms. The molecule has 0 aromatic heterocycles. The van der Waals surface area contributed by atoms with Crippen molar-refractivity contribution in [1.29, 1.82) is 0 Å². The molecule has 104 valence electrons. The maximum absolute atomic E-state index is 11.9. The molecule has 1 aliphatic heterocycles. The molecule has 5 heteroatoms. The topological polar surface area (TPSA) is 50.4 Å². The summed E-state index contributed by atoms with van der Waals surface area (Å²) in [5.41, 5.74) is 0.713. The molecule has 19 heavy (non-hydrogen) atoms. The Bertz CT molecular complexity index is 445. The van der Waals surface area contributed by atoms with Crippen LogP contribution in [-0.4, -0.2) is 26.1 Å². The van der Waals surface area contributed by atoms with Gasteiger partial charge in [0.2, 0.25) is 5.91 Å². The van der Waals surface area contributed by atoms with Crippen LogP contribution >= 0.6 is 11.6 Å². The summed E-state index contributed by atoms with van der Waals surface area (Å²) in [4.78, 5) is 11.9. The maximum Gasteiger partial charge on any atom is 0.224 e. The summed E-state index contributed by atoms with van der Waals surface area (Å²) in [6.45, 7) is 2.01. The average molecular weight is 283 g/mol. The number of hydrogen-bond acceptors (Lipinski definition) is 3. The van der Waals surface area contributed by atoms with E-state index < -0.39 is 0 Å². The second-order valence-electron chi connectivity index (χ2n) is 4.80. The first-order valence-corrected chi connectivity index (χ1v) is 6.91. The Morgan fingerprint density at radius 2 is 2.21 bits per heavy atom. The van der Waals surface area contributed by atoms with Gasteiger partial charge in [0.15, 0.2) is 0 Å². The number of amides is 1. The molecule has 0 saturated carbocycles. The minimum atomic E-state index is 0.0492. The quantitative estimate of drug-likeness (QED) is 0.893. The summed E-state index contributed by atoms with van der Waals surface area (Å²) in [5, 5.41) is 6.68. The van der Waals surface area contributed by atoms with E-state index in [0.29, 0.717) is 28.8 Å². The summed E-state index contributed by atoms with van der Waals surface area (Å²) in [7, 11) is 1.57. The van der Waals surface area contributed by atoms with Crippen molar-refractivity contribution in [3.8, 4) is 5.75 Å². The predicted octanol–water partition coefficient (Wildman–Crippen LogP) is 2.68. The number of piperidine rings is 1. The molecule has 0 aliphatic carbocycles. The fraction of sp³-hybridized carbons (Fsp3) is 0.500. The lowest BCUT2D eigenvalue weighted by Gasteiger charge is -2.21. The van der Waals surface area contributed by atoms with E-state index in [0.717, 1.165) is 25.9 Å². The lowest BCUT2D eigenvalue weighted by atomic mass is 9.94. The third kappa shape index (κ3) is 4.11. The fourth-order valence-electron chi connectivity index (χ4n) is 2.30. The summed E-state index contributed by atoms with van der Waals surface area (Å²) < 4.78 is 5.07. The first kappa shape index (κ1) is 14.2. The molecule has 1 aromatic rings. The standard InChI is InChI=1S/C14H19ClN2O2/c1-19-13-3-2-11(9-12(13)15)17-14(18)8-10-4-6-16-7-5-10/h2-3,9-10,16H,4-8H2,1H3,(H,17,18). The highest BCUT2D eigenvalue weighted by atomic mass is 35.5. The minimum absolute atomic E-state index is 0.0492. The molecule has 2 rings (SSSR count). The van der Waals surface area contributed by atoms with Gasteiger partial charge in [-0.05, 0) is 50.0 Å². The predicted molar refractivity (Wildman–Crippen MR) is 76.8 cm³/mol. The Labute approximate surface area is 118 Å². The van der Waals surface area contributed by atoms with E-state index in [1.807, 2.05) is 0 Å². The molecule has 1 saturated heterocycles. The Balaban J connectivity index is 1.89. The van der Waals surface area contributed by atoms with E-state index in [1.165, 1.54) is 0 Å². The fourth-order valence-corrected chi connectivity index (χ4v) is 2.56. The van der Waals surface area contributed by atoms with Gasteiger partial charge in [0.25, 0.3) is 0 Å². The van der Waals surface area contributed by atoms with Crippen molar-refractivity contribution in [3.05, 3.63) is 23.2 Å². The molecule has 1 aromatic carbocycles. The summed E-state index contributed by atoms with van der Waals surface area (Å²) in [6.07, 6.45) is 2.71. The van der Waals surface area contributed by atoms with Gasteiger partial charge < -0.3 is 15.4 Å². The summed E-state index contributed by atoms with van der Waals surface area (Å²) in [6, 6.07) is 5.26. The lowest BCUT2D eigenvalue weighted by molar-refractivity contribution is -0.117. The molecular weight excluding hydrogens is 264 g/mol. The Morgan fingerprint density at radius 3 is 2.84 bits per heavy atom. The van der Waals surface area contributed by atoms with Crippen LogP contribution in [0.2, 0.25) is 5.02 Å². The summed E-state index contributed by atoms with van der Waals surface area (Å²) in [5.74, 6) is 1.14. The Hall–Kier alpha value is -1.26. The van der Waals surface area contributed by atoms with E-state index >= 15 is 0 Å². The van der Waals surface area contributed by atoms with Crippen LogP contribution in [0.3, 0.4) is 0 Å². The van der Waals surface area contributed by atoms with Crippen LogP contribution in [0.1, 0.15) is 19.3 Å². The van der Waals surface area contributed by atoms with Gasteiger partial charge in [-0.1, -0.05) is 11.6 Å². The van der Waals surface area contributed by atoms with Crippen molar-refractivity contribution >= 4 is 23.2 Å². The van der Waals surface area contributed by atoms with Crippen LogP contribution in [0.4, 0.5) is 5.69 Å². The molecule has 1 heterocycles. The number of carbonyl (C=O) groups is 1. The smallest absolute Gasteiger partial charge is 0.224 e. The van der Waals surface area contributed by atoms with Crippen molar-refractivity contribution in [1.82, 2.24) is 5.32 Å². The summed E-state index contributed by atoms with van der Waals surface area (Å²) >= 11 is 6.02. The van der Waals surface area contributed by atoms with E-state index in [2.05, 4.69) is 10.6 Å². The van der Waals surface area contributed by atoms with E-state index in [1.54, 1.807) is 25.3 Å². The molecule has 1 aliphatic rings. The molecule has 0 bridgehead atoms. The van der Waals surface area contributed by atoms with Gasteiger partial charge in [-0.2, -0.15) is 0 Å². The second kappa shape index (κ2) is 6.78. The highest BCUT2D eigenvalue weighted by Gasteiger charge is 2.16. The lowest BCUT2D eigenvalue weighted by Crippen LogP contribution is -2.30. The highest BCUT2D eigenvalue weighted by molar-refractivity contribution is 6.32. The van der Waals surface area contributed by atoms with Crippen molar-refractivity contribution in [2.45, 2.75) is 19.3 Å². The molecule has 4 nitrogen and oxygen atoms in total. The number of anilines is 1. The van der Waals surface area contributed by atoms with E-state index in [-0.39, 0.29) is 5.91 Å². The molecule has 0 unspecified atom stereocenters. The van der Waals surface area contributed by atoms with Crippen LogP contribution in [-0.2, 0) is 4.79 Å². The third-order valence-electron chi connectivity index (χ3n) is 3.37. The number of hydrogen-bond donors (Lipinski definition) is 2.